The zero-order valence-electron chi connectivity index (χ0n) is 45.5. The molecule has 472 valence electrons. The Kier molecular flexibility index (Phi) is 23.3. The molecule has 29 heteroatoms. The van der Waals surface area contributed by atoms with Crippen LogP contribution in [0.15, 0.2) is 24.3 Å². The van der Waals surface area contributed by atoms with Gasteiger partial charge in [-0.15, -0.1) is 0 Å². The second-order valence-corrected chi connectivity index (χ2v) is 23.5. The van der Waals surface area contributed by atoms with E-state index in [1.807, 2.05) is 0 Å². The number of carbonyl (C=O) groups is 4. The van der Waals surface area contributed by atoms with Gasteiger partial charge in [0.1, 0.15) is 112 Å². The van der Waals surface area contributed by atoms with Gasteiger partial charge in [-0.05, 0) is 82.5 Å². The van der Waals surface area contributed by atoms with Gasteiger partial charge in [-0.25, -0.2) is 9.59 Å². The van der Waals surface area contributed by atoms with Crippen molar-refractivity contribution >= 4 is 23.9 Å². The molecule has 4 heterocycles. The smallest absolute Gasteiger partial charge is 0.330 e. The second-order valence-electron chi connectivity index (χ2n) is 23.5. The summed E-state index contributed by atoms with van der Waals surface area (Å²) in [7, 11) is 0. The highest BCUT2D eigenvalue weighted by Crippen LogP contribution is 2.45. The second kappa shape index (κ2) is 29.5. The predicted octanol–water partition coefficient (Wildman–Crippen LogP) is -5.54. The molecule has 23 atom stereocenters. The standard InChI is InChI=1S/C54H82O29/c55-25-7-1-22(2-8-25)5-11-38(62)74-19-34-42(66)46(70)49(73)53(81-34)83-51-47(71)44(68)36(20-75-39(63)12-6-23-3-9-26(56)10-4-23)82-54(51)79-33-17-28-31(77-50(33)24-13-29(58)41(65)30(59)14-24)15-27(57)16-32(28)78-52-48(72)45(69)43(67)35(80-52)21-76-40(64)18-37(60)61/h5-6,11-12,22-36,41-59,65-73H,1-4,7-10,13-21H2,(H,60,61)/p+1/t22?,23?,24?,25?,26?,27?,28?,29?,30?,31?,32?,33?,34-,35-,36-,41?,42-,43-,44-,45+,46+,47+,48-,49-,50?,51-,52-,53+,54-/m1/s1. The highest BCUT2D eigenvalue weighted by atomic mass is 16.8. The third-order valence-corrected chi connectivity index (χ3v) is 17.5. The number of fused-ring (bicyclic) bond motifs is 1. The van der Waals surface area contributed by atoms with Gasteiger partial charge in [0, 0.05) is 30.9 Å². The molecule has 4 aliphatic heterocycles. The molecular weight excluding hydrogens is 1110 g/mol. The highest BCUT2D eigenvalue weighted by molar-refractivity contribution is 5.90. The van der Waals surface area contributed by atoms with Crippen molar-refractivity contribution in [3.8, 4) is 0 Å². The molecule has 0 radical (unpaired) electrons. The predicted molar refractivity (Wildman–Crippen MR) is 272 cm³/mol. The maximum absolute atomic E-state index is 13.1. The first-order chi connectivity index (χ1) is 39.4. The molecule has 0 aromatic carbocycles. The summed E-state index contributed by atoms with van der Waals surface area (Å²) in [5, 5.41) is 163. The number of carboxylic acid groups (broad SMARTS) is 1. The minimum atomic E-state index is -2.09. The summed E-state index contributed by atoms with van der Waals surface area (Å²) in [5.41, 5.74) is 0. The van der Waals surface area contributed by atoms with Crippen molar-refractivity contribution in [2.75, 3.05) is 19.8 Å². The number of aliphatic hydroxyl groups is 16. The van der Waals surface area contributed by atoms with E-state index in [2.05, 4.69) is 0 Å². The summed E-state index contributed by atoms with van der Waals surface area (Å²) in [5.74, 6) is -6.02. The van der Waals surface area contributed by atoms with Gasteiger partial charge in [-0.3, -0.25) is 9.59 Å². The third kappa shape index (κ3) is 16.8. The first-order valence-electron chi connectivity index (χ1n) is 28.7. The van der Waals surface area contributed by atoms with E-state index in [9.17, 15) is 90.7 Å². The van der Waals surface area contributed by atoms with Gasteiger partial charge >= 0.3 is 23.9 Å². The first kappa shape index (κ1) is 65.5. The van der Waals surface area contributed by atoms with Gasteiger partial charge in [0.05, 0.1) is 42.5 Å². The number of hydrogen-bond donors (Lipinski definition) is 15. The van der Waals surface area contributed by atoms with Crippen molar-refractivity contribution in [3.63, 3.8) is 0 Å². The van der Waals surface area contributed by atoms with Crippen LogP contribution in [0.25, 0.3) is 0 Å². The number of aliphatic carboxylic acids is 1. The van der Waals surface area contributed by atoms with Crippen LogP contribution in [0.3, 0.4) is 0 Å². The Bertz CT molecular complexity index is 2160. The fourth-order valence-corrected chi connectivity index (χ4v) is 12.6. The zero-order valence-corrected chi connectivity index (χ0v) is 45.5. The van der Waals surface area contributed by atoms with Crippen LogP contribution in [-0.2, 0) is 61.8 Å². The van der Waals surface area contributed by atoms with Gasteiger partial charge in [0.15, 0.2) is 31.1 Å². The first-order valence-corrected chi connectivity index (χ1v) is 28.7. The van der Waals surface area contributed by atoms with Crippen LogP contribution >= 0.6 is 0 Å². The normalized spacial score (nSPS) is 46.2. The summed E-state index contributed by atoms with van der Waals surface area (Å²) in [6.07, 6.45) is -30.1. The fourth-order valence-electron chi connectivity index (χ4n) is 12.6. The Morgan fingerprint density at radius 1 is 0.458 bits per heavy atom. The van der Waals surface area contributed by atoms with Crippen LogP contribution in [0.4, 0.5) is 0 Å². The lowest BCUT2D eigenvalue weighted by Crippen LogP contribution is -2.66. The number of esters is 3. The molecule has 8 fully saturated rings. The lowest BCUT2D eigenvalue weighted by molar-refractivity contribution is -0.390. The molecule has 4 saturated carbocycles. The Morgan fingerprint density at radius 2 is 0.916 bits per heavy atom. The molecule has 16 N–H and O–H groups in total. The number of carboxylic acids is 1. The number of rotatable bonds is 19. The van der Waals surface area contributed by atoms with E-state index in [1.54, 1.807) is 12.2 Å². The molecule has 8 unspecified atom stereocenters. The van der Waals surface area contributed by atoms with Crippen molar-refractivity contribution in [1.29, 1.82) is 0 Å². The van der Waals surface area contributed by atoms with Crippen LogP contribution in [0, 0.1) is 23.7 Å². The van der Waals surface area contributed by atoms with Gasteiger partial charge in [-0.2, -0.15) is 0 Å². The number of ether oxygens (including phenoxy) is 10. The van der Waals surface area contributed by atoms with Crippen molar-refractivity contribution in [3.05, 3.63) is 24.3 Å². The quantitative estimate of drug-likeness (QED) is 0.0189. The molecule has 8 aliphatic rings. The van der Waals surface area contributed by atoms with Gasteiger partial charge in [-0.1, -0.05) is 12.2 Å². The Morgan fingerprint density at radius 3 is 1.42 bits per heavy atom. The van der Waals surface area contributed by atoms with Crippen LogP contribution in [0.2, 0.25) is 0 Å². The summed E-state index contributed by atoms with van der Waals surface area (Å²) in [6, 6.07) is 0. The van der Waals surface area contributed by atoms with Gasteiger partial charge in [0.25, 0.3) is 0 Å². The van der Waals surface area contributed by atoms with E-state index in [0.717, 1.165) is 0 Å². The van der Waals surface area contributed by atoms with Crippen LogP contribution in [0.5, 0.6) is 0 Å². The largest absolute Gasteiger partial charge is 0.481 e. The van der Waals surface area contributed by atoms with E-state index < -0.39 is 215 Å². The van der Waals surface area contributed by atoms with E-state index >= 15 is 0 Å². The molecule has 29 nitrogen and oxygen atoms in total. The number of carbonyl (C=O) groups excluding carboxylic acids is 3. The molecule has 83 heavy (non-hydrogen) atoms. The van der Waals surface area contributed by atoms with E-state index in [1.165, 1.54) is 12.2 Å². The lowest BCUT2D eigenvalue weighted by atomic mass is 9.72. The maximum atomic E-state index is 13.1. The maximum Gasteiger partial charge on any atom is 0.330 e. The molecule has 0 spiro atoms. The Labute approximate surface area is 476 Å². The fraction of sp³-hybridized carbons (Fsp3) is 0.852. The number of allylic oxidation sites excluding steroid dienone is 2. The molecule has 4 saturated heterocycles. The molecule has 0 amide bonds. The minimum Gasteiger partial charge on any atom is -0.481 e. The van der Waals surface area contributed by atoms with Crippen LogP contribution < -0.4 is 0 Å². The minimum absolute atomic E-state index is 0.00124. The molecule has 4 aliphatic carbocycles. The molecule has 8 rings (SSSR count). The monoisotopic (exact) mass is 1200 g/mol. The average molecular weight is 1200 g/mol. The topological polar surface area (TPSA) is 468 Å². The van der Waals surface area contributed by atoms with E-state index in [4.69, 9.17) is 52.5 Å². The third-order valence-electron chi connectivity index (χ3n) is 17.5. The molecule has 0 aromatic rings. The van der Waals surface area contributed by atoms with Gasteiger partial charge in [0.2, 0.25) is 0 Å². The average Bonchev–Trinajstić information content (AvgIpc) is 2.88. The van der Waals surface area contributed by atoms with Gasteiger partial charge < -0.3 is 124 Å². The number of hydrogen-bond acceptors (Lipinski definition) is 27. The van der Waals surface area contributed by atoms with Crippen molar-refractivity contribution in [2.24, 2.45) is 23.7 Å². The Hall–Kier alpha value is -3.48. The van der Waals surface area contributed by atoms with Crippen molar-refractivity contribution in [1.82, 2.24) is 0 Å². The highest BCUT2D eigenvalue weighted by Gasteiger charge is 2.59. The van der Waals surface area contributed by atoms with E-state index in [0.29, 0.717) is 51.4 Å². The number of aliphatic hydroxyl groups excluding tert-OH is 14. The van der Waals surface area contributed by atoms with Crippen LogP contribution in [0.1, 0.15) is 89.9 Å². The molecule has 0 aromatic heterocycles. The van der Waals surface area contributed by atoms with Crippen molar-refractivity contribution < 1.29 is 143 Å². The summed E-state index contributed by atoms with van der Waals surface area (Å²) in [4.78, 5) is 49.1. The zero-order chi connectivity index (χ0) is 60.0. The van der Waals surface area contributed by atoms with E-state index in [-0.39, 0.29) is 43.9 Å². The van der Waals surface area contributed by atoms with Crippen molar-refractivity contribution in [2.45, 2.75) is 243 Å². The summed E-state index contributed by atoms with van der Waals surface area (Å²) >= 11 is 0. The molecule has 0 bridgehead atoms. The summed E-state index contributed by atoms with van der Waals surface area (Å²) in [6.45, 7) is -2.15. The van der Waals surface area contributed by atoms with Crippen LogP contribution in [-0.4, -0.2) is 278 Å². The Balaban J connectivity index is 1.05. The summed E-state index contributed by atoms with van der Waals surface area (Å²) < 4.78 is 58.0. The SMILES string of the molecule is O=C(O)CC(=O)OC[C@H]1O[C@@H](OC2CC(O)CC3[OH+]C(C4CC(O)C(O)C(O)C4)C(O[C@@H]4O[C@H](COC(=O)C=CC5CCC(O)CC5)[C@@H](O)[C@H](O)[C@H]4O[C@@H]4O[C@H](COC(=O)C=CC5CCC(O)CC5)[C@@H](O)[C@H](O)[C@H]4O)CC23)[C@H](O)[C@@H](O)[C@@H]1O. The lowest BCUT2D eigenvalue weighted by Gasteiger charge is -2.51. The molecular formula is C54H83O29+.